The second kappa shape index (κ2) is 7.20. The molecule has 5 nitrogen and oxygen atoms in total. The first-order valence-electron chi connectivity index (χ1n) is 6.04. The standard InChI is InChI=1S/C12H18N2O3S/c1-4-8-7-10(15)14-12(13-8)18-9(5-2)11(16)17-6-3/h7,9H,4-6H2,1-3H3,(H,13,14,15). The van der Waals surface area contributed by atoms with Gasteiger partial charge in [-0.05, 0) is 19.8 Å². The number of thioether (sulfide) groups is 1. The van der Waals surface area contributed by atoms with E-state index in [-0.39, 0.29) is 16.8 Å². The Balaban J connectivity index is 2.84. The quantitative estimate of drug-likeness (QED) is 0.484. The summed E-state index contributed by atoms with van der Waals surface area (Å²) in [5.41, 5.74) is 0.531. The first kappa shape index (κ1) is 14.8. The summed E-state index contributed by atoms with van der Waals surface area (Å²) in [6.45, 7) is 5.96. The molecule has 18 heavy (non-hydrogen) atoms. The summed E-state index contributed by atoms with van der Waals surface area (Å²) in [6.07, 6.45) is 1.32. The molecule has 0 aromatic carbocycles. The molecular weight excluding hydrogens is 252 g/mol. The zero-order chi connectivity index (χ0) is 13.5. The van der Waals surface area contributed by atoms with Crippen molar-refractivity contribution in [1.82, 2.24) is 9.97 Å². The fourth-order valence-corrected chi connectivity index (χ4v) is 2.32. The number of aromatic amines is 1. The maximum absolute atomic E-state index is 11.7. The largest absolute Gasteiger partial charge is 0.465 e. The number of ether oxygens (including phenoxy) is 1. The minimum Gasteiger partial charge on any atom is -0.465 e. The minimum atomic E-state index is -0.333. The summed E-state index contributed by atoms with van der Waals surface area (Å²) < 4.78 is 4.97. The van der Waals surface area contributed by atoms with Gasteiger partial charge in [0, 0.05) is 11.8 Å². The monoisotopic (exact) mass is 270 g/mol. The molecule has 0 saturated heterocycles. The molecule has 0 amide bonds. The highest BCUT2D eigenvalue weighted by Gasteiger charge is 2.20. The minimum absolute atomic E-state index is 0.192. The van der Waals surface area contributed by atoms with Crippen molar-refractivity contribution in [3.8, 4) is 0 Å². The van der Waals surface area contributed by atoms with Gasteiger partial charge in [-0.1, -0.05) is 25.6 Å². The van der Waals surface area contributed by atoms with Crippen molar-refractivity contribution < 1.29 is 9.53 Å². The highest BCUT2D eigenvalue weighted by molar-refractivity contribution is 8.00. The molecule has 0 fully saturated rings. The number of rotatable bonds is 6. The molecule has 6 heteroatoms. The number of hydrogen-bond acceptors (Lipinski definition) is 5. The van der Waals surface area contributed by atoms with Crippen LogP contribution in [0.2, 0.25) is 0 Å². The maximum Gasteiger partial charge on any atom is 0.319 e. The normalized spacial score (nSPS) is 12.2. The van der Waals surface area contributed by atoms with Crippen LogP contribution in [-0.4, -0.2) is 27.8 Å². The van der Waals surface area contributed by atoms with Gasteiger partial charge in [0.25, 0.3) is 5.56 Å². The van der Waals surface area contributed by atoms with Crippen LogP contribution in [0.1, 0.15) is 32.9 Å². The molecule has 1 aromatic heterocycles. The molecule has 1 rings (SSSR count). The van der Waals surface area contributed by atoms with Crippen LogP contribution < -0.4 is 5.56 Å². The van der Waals surface area contributed by atoms with Gasteiger partial charge in [-0.15, -0.1) is 0 Å². The Kier molecular flexibility index (Phi) is 5.91. The number of esters is 1. The molecule has 0 aliphatic heterocycles. The molecule has 1 atom stereocenters. The van der Waals surface area contributed by atoms with Crippen molar-refractivity contribution in [2.75, 3.05) is 6.61 Å². The van der Waals surface area contributed by atoms with E-state index in [0.29, 0.717) is 24.6 Å². The van der Waals surface area contributed by atoms with E-state index in [0.717, 1.165) is 5.69 Å². The van der Waals surface area contributed by atoms with Crippen molar-refractivity contribution in [3.05, 3.63) is 22.1 Å². The molecule has 0 saturated carbocycles. The van der Waals surface area contributed by atoms with Gasteiger partial charge in [0.2, 0.25) is 0 Å². The average Bonchev–Trinajstić information content (AvgIpc) is 2.35. The highest BCUT2D eigenvalue weighted by atomic mass is 32.2. The van der Waals surface area contributed by atoms with Crippen LogP contribution in [0.15, 0.2) is 16.0 Å². The lowest BCUT2D eigenvalue weighted by Crippen LogP contribution is -2.21. The molecule has 0 spiro atoms. The number of carbonyl (C=O) groups excluding carboxylic acids is 1. The fourth-order valence-electron chi connectivity index (χ4n) is 1.39. The molecule has 1 heterocycles. The Morgan fingerprint density at radius 2 is 2.22 bits per heavy atom. The first-order chi connectivity index (χ1) is 8.60. The number of aryl methyl sites for hydroxylation is 1. The van der Waals surface area contributed by atoms with Crippen molar-refractivity contribution in [2.24, 2.45) is 0 Å². The van der Waals surface area contributed by atoms with Gasteiger partial charge in [0.1, 0.15) is 5.25 Å². The van der Waals surface area contributed by atoms with E-state index in [9.17, 15) is 9.59 Å². The van der Waals surface area contributed by atoms with Crippen molar-refractivity contribution in [1.29, 1.82) is 0 Å². The van der Waals surface area contributed by atoms with Gasteiger partial charge in [-0.3, -0.25) is 9.59 Å². The smallest absolute Gasteiger partial charge is 0.319 e. The highest BCUT2D eigenvalue weighted by Crippen LogP contribution is 2.22. The SMILES string of the molecule is CCOC(=O)C(CC)Sc1nc(CC)cc(=O)[nH]1. The van der Waals surface area contributed by atoms with Gasteiger partial charge in [0.05, 0.1) is 6.61 Å². The predicted octanol–water partition coefficient (Wildman–Crippen LogP) is 1.77. The number of nitrogens with zero attached hydrogens (tertiary/aromatic N) is 1. The first-order valence-corrected chi connectivity index (χ1v) is 6.92. The summed E-state index contributed by atoms with van der Waals surface area (Å²) in [5, 5.41) is 0.138. The summed E-state index contributed by atoms with van der Waals surface area (Å²) in [4.78, 5) is 30.0. The molecule has 1 N–H and O–H groups in total. The van der Waals surface area contributed by atoms with Crippen LogP contribution in [0.4, 0.5) is 0 Å². The molecule has 0 radical (unpaired) electrons. The summed E-state index contributed by atoms with van der Waals surface area (Å²) in [7, 11) is 0. The molecule has 0 aliphatic rings. The Morgan fingerprint density at radius 1 is 1.50 bits per heavy atom. The Bertz CT molecular complexity index is 459. The predicted molar refractivity (Wildman–Crippen MR) is 70.8 cm³/mol. The van der Waals surface area contributed by atoms with Crippen molar-refractivity contribution in [2.45, 2.75) is 44.0 Å². The van der Waals surface area contributed by atoms with Crippen LogP contribution in [-0.2, 0) is 16.0 Å². The number of nitrogens with one attached hydrogen (secondary N) is 1. The zero-order valence-corrected chi connectivity index (χ0v) is 11.7. The molecule has 1 unspecified atom stereocenters. The summed E-state index contributed by atoms with van der Waals surface area (Å²) >= 11 is 1.24. The zero-order valence-electron chi connectivity index (χ0n) is 10.9. The van der Waals surface area contributed by atoms with E-state index in [2.05, 4.69) is 9.97 Å². The van der Waals surface area contributed by atoms with Gasteiger partial charge in [-0.2, -0.15) is 0 Å². The third-order valence-electron chi connectivity index (χ3n) is 2.31. The van der Waals surface area contributed by atoms with Gasteiger partial charge in [-0.25, -0.2) is 4.98 Å². The van der Waals surface area contributed by atoms with E-state index in [4.69, 9.17) is 4.74 Å². The van der Waals surface area contributed by atoms with Gasteiger partial charge >= 0.3 is 5.97 Å². The van der Waals surface area contributed by atoms with E-state index in [1.807, 2.05) is 13.8 Å². The molecule has 0 aliphatic carbocycles. The van der Waals surface area contributed by atoms with Gasteiger partial charge in [0.15, 0.2) is 5.16 Å². The molecule has 100 valence electrons. The second-order valence-electron chi connectivity index (χ2n) is 3.66. The third-order valence-corrected chi connectivity index (χ3v) is 3.54. The van der Waals surface area contributed by atoms with Crippen LogP contribution in [0.5, 0.6) is 0 Å². The van der Waals surface area contributed by atoms with E-state index in [1.165, 1.54) is 17.8 Å². The fraction of sp³-hybridized carbons (Fsp3) is 0.583. The van der Waals surface area contributed by atoms with E-state index in [1.54, 1.807) is 6.92 Å². The summed E-state index contributed by atoms with van der Waals surface area (Å²) in [5.74, 6) is -0.269. The van der Waals surface area contributed by atoms with Crippen LogP contribution in [0, 0.1) is 0 Å². The van der Waals surface area contributed by atoms with Crippen molar-refractivity contribution >= 4 is 17.7 Å². The molecule has 0 bridgehead atoms. The third kappa shape index (κ3) is 4.18. The number of aromatic nitrogens is 2. The number of carbonyl (C=O) groups is 1. The van der Waals surface area contributed by atoms with Crippen LogP contribution >= 0.6 is 11.8 Å². The van der Waals surface area contributed by atoms with Gasteiger partial charge < -0.3 is 9.72 Å². The molecular formula is C12H18N2O3S. The lowest BCUT2D eigenvalue weighted by Gasteiger charge is -2.12. The number of H-pyrrole nitrogens is 1. The van der Waals surface area contributed by atoms with E-state index < -0.39 is 0 Å². The van der Waals surface area contributed by atoms with Crippen LogP contribution in [0.3, 0.4) is 0 Å². The Labute approximate surface area is 110 Å². The Morgan fingerprint density at radius 3 is 2.78 bits per heavy atom. The van der Waals surface area contributed by atoms with Crippen molar-refractivity contribution in [3.63, 3.8) is 0 Å². The summed E-state index contributed by atoms with van der Waals surface area (Å²) in [6, 6.07) is 1.47. The topological polar surface area (TPSA) is 72.0 Å². The molecule has 1 aromatic rings. The average molecular weight is 270 g/mol. The Hall–Kier alpha value is -1.30. The maximum atomic E-state index is 11.7. The lowest BCUT2D eigenvalue weighted by atomic mass is 10.3. The second-order valence-corrected chi connectivity index (χ2v) is 4.85. The van der Waals surface area contributed by atoms with Crippen LogP contribution in [0.25, 0.3) is 0 Å². The van der Waals surface area contributed by atoms with E-state index >= 15 is 0 Å². The lowest BCUT2D eigenvalue weighted by molar-refractivity contribution is -0.142. The number of hydrogen-bond donors (Lipinski definition) is 1.